The normalized spacial score (nSPS) is 10.9. The number of hydrogen-bond acceptors (Lipinski definition) is 8. The van der Waals surface area contributed by atoms with Gasteiger partial charge < -0.3 is 28.7 Å². The number of carboxylic acid groups (broad SMARTS) is 1. The van der Waals surface area contributed by atoms with Crippen molar-refractivity contribution in [2.24, 2.45) is 0 Å². The van der Waals surface area contributed by atoms with Gasteiger partial charge in [0.15, 0.2) is 21.3 Å². The molecule has 0 saturated carbocycles. The van der Waals surface area contributed by atoms with Gasteiger partial charge in [-0.15, -0.1) is 0 Å². The molecule has 0 aliphatic heterocycles. The van der Waals surface area contributed by atoms with Crippen molar-refractivity contribution >= 4 is 23.6 Å². The summed E-state index contributed by atoms with van der Waals surface area (Å²) in [6.07, 6.45) is 0. The second kappa shape index (κ2) is 10.4. The summed E-state index contributed by atoms with van der Waals surface area (Å²) < 4.78 is 42.6. The molecule has 118 valence electrons. The number of carbonyl (C=O) groups is 1. The van der Waals surface area contributed by atoms with Crippen LogP contribution in [0.4, 0.5) is 0 Å². The second-order valence-electron chi connectivity index (χ2n) is 3.95. The number of benzene rings is 1. The van der Waals surface area contributed by atoms with Crippen molar-refractivity contribution in [1.29, 1.82) is 0 Å². The summed E-state index contributed by atoms with van der Waals surface area (Å²) in [5.41, 5.74) is 0.0560. The van der Waals surface area contributed by atoms with E-state index in [1.807, 2.05) is 0 Å². The smallest absolute Gasteiger partial charge is 0.780 e. The van der Waals surface area contributed by atoms with E-state index in [9.17, 15) is 27.6 Å². The number of carboxylic acids is 1. The third-order valence-corrected chi connectivity index (χ3v) is 4.05. The molecule has 0 aromatic heterocycles. The summed E-state index contributed by atoms with van der Waals surface area (Å²) in [5, 5.41) is 8.47. The summed E-state index contributed by atoms with van der Waals surface area (Å²) in [6, 6.07) is 3.48. The van der Waals surface area contributed by atoms with Gasteiger partial charge in [-0.25, -0.2) is 8.42 Å². The van der Waals surface area contributed by atoms with E-state index in [1.165, 1.54) is 19.2 Å². The van der Waals surface area contributed by atoms with E-state index in [4.69, 9.17) is 9.84 Å². The molecule has 0 atom stereocenters. The first-order valence-corrected chi connectivity index (χ1v) is 8.61. The Bertz CT molecular complexity index is 686. The maximum absolute atomic E-state index is 11.5. The summed E-state index contributed by atoms with van der Waals surface area (Å²) in [7, 11) is -8.08. The van der Waals surface area contributed by atoms with Crippen LogP contribution in [0.5, 0.6) is 11.5 Å². The van der Waals surface area contributed by atoms with Crippen molar-refractivity contribution in [2.45, 2.75) is 5.75 Å². The Kier molecular flexibility index (Phi) is 11.6. The minimum absolute atomic E-state index is 0. The van der Waals surface area contributed by atoms with E-state index in [-0.39, 0.29) is 70.4 Å². The Morgan fingerprint density at radius 3 is 2.26 bits per heavy atom. The Balaban J connectivity index is 0. The average Bonchev–Trinajstić information content (AvgIpc) is 2.24. The second-order valence-corrected chi connectivity index (χ2v) is 7.09. The van der Waals surface area contributed by atoms with Crippen LogP contribution in [0, 0.1) is 0 Å². The largest absolute Gasteiger partial charge is 1.00 e. The predicted molar refractivity (Wildman–Crippen MR) is 66.4 cm³/mol. The number of methoxy groups -OCH3 is 1. The molecular weight excluding hydrogens is 373 g/mol. The molecule has 0 spiro atoms. The molecular formula is C10H11Na2O9PS. The number of phosphoric acid groups is 1. The number of hydrogen-bond donors (Lipinski definition) is 1. The van der Waals surface area contributed by atoms with Gasteiger partial charge in [-0.05, 0) is 17.7 Å². The van der Waals surface area contributed by atoms with Gasteiger partial charge in [0.25, 0.3) is 0 Å². The zero-order valence-corrected chi connectivity index (χ0v) is 18.4. The summed E-state index contributed by atoms with van der Waals surface area (Å²) in [6.45, 7) is 0. The number of ether oxygens (including phenoxy) is 1. The molecule has 23 heavy (non-hydrogen) atoms. The van der Waals surface area contributed by atoms with E-state index in [0.717, 1.165) is 6.07 Å². The van der Waals surface area contributed by atoms with Crippen LogP contribution in [-0.4, -0.2) is 32.4 Å². The molecule has 1 aromatic carbocycles. The fourth-order valence-electron chi connectivity index (χ4n) is 1.50. The van der Waals surface area contributed by atoms with Crippen molar-refractivity contribution in [1.82, 2.24) is 0 Å². The fourth-order valence-corrected chi connectivity index (χ4v) is 3.05. The fraction of sp³-hybridized carbons (Fsp3) is 0.300. The Morgan fingerprint density at radius 2 is 1.83 bits per heavy atom. The van der Waals surface area contributed by atoms with Crippen LogP contribution in [0.1, 0.15) is 5.56 Å². The maximum Gasteiger partial charge on any atom is 1.00 e. The first-order chi connectivity index (χ1) is 9.52. The minimum atomic E-state index is -5.34. The van der Waals surface area contributed by atoms with Gasteiger partial charge >= 0.3 is 65.1 Å². The van der Waals surface area contributed by atoms with Crippen molar-refractivity contribution in [2.75, 3.05) is 12.9 Å². The molecule has 0 fully saturated rings. The van der Waals surface area contributed by atoms with Crippen molar-refractivity contribution in [3.8, 4) is 11.5 Å². The summed E-state index contributed by atoms with van der Waals surface area (Å²) in [4.78, 5) is 31.6. The molecule has 1 rings (SSSR count). The molecule has 0 bridgehead atoms. The monoisotopic (exact) mass is 384 g/mol. The van der Waals surface area contributed by atoms with Crippen LogP contribution < -0.4 is 78.2 Å². The number of phosphoric ester groups is 1. The summed E-state index contributed by atoms with van der Waals surface area (Å²) >= 11 is 0. The Labute approximate surface area is 177 Å². The van der Waals surface area contributed by atoms with E-state index < -0.39 is 40.9 Å². The van der Waals surface area contributed by atoms with Crippen LogP contribution in [0.2, 0.25) is 0 Å². The first-order valence-electron chi connectivity index (χ1n) is 5.33. The van der Waals surface area contributed by atoms with Crippen LogP contribution in [0.3, 0.4) is 0 Å². The van der Waals surface area contributed by atoms with E-state index in [1.54, 1.807) is 0 Å². The van der Waals surface area contributed by atoms with Gasteiger partial charge in [-0.1, -0.05) is 6.07 Å². The van der Waals surface area contributed by atoms with Crippen LogP contribution in [-0.2, 0) is 24.9 Å². The van der Waals surface area contributed by atoms with E-state index in [2.05, 4.69) is 4.52 Å². The molecule has 0 amide bonds. The molecule has 0 unspecified atom stereocenters. The number of rotatable bonds is 7. The summed E-state index contributed by atoms with van der Waals surface area (Å²) in [5.74, 6) is -3.78. The van der Waals surface area contributed by atoms with Gasteiger partial charge in [0.1, 0.15) is 13.6 Å². The molecule has 0 aliphatic carbocycles. The van der Waals surface area contributed by atoms with E-state index in [0.29, 0.717) is 0 Å². The Hall–Kier alpha value is 0.390. The molecule has 1 aromatic rings. The average molecular weight is 384 g/mol. The first kappa shape index (κ1) is 25.6. The van der Waals surface area contributed by atoms with Crippen LogP contribution in [0.15, 0.2) is 18.2 Å². The van der Waals surface area contributed by atoms with E-state index >= 15 is 0 Å². The number of sulfone groups is 1. The molecule has 0 saturated heterocycles. The van der Waals surface area contributed by atoms with Crippen molar-refractivity contribution < 1.29 is 101 Å². The van der Waals surface area contributed by atoms with Gasteiger partial charge in [-0.3, -0.25) is 4.79 Å². The maximum atomic E-state index is 11.5. The molecule has 0 heterocycles. The van der Waals surface area contributed by atoms with Crippen LogP contribution in [0.25, 0.3) is 0 Å². The van der Waals surface area contributed by atoms with Gasteiger partial charge in [0, 0.05) is 0 Å². The van der Waals surface area contributed by atoms with Crippen molar-refractivity contribution in [3.05, 3.63) is 23.8 Å². The van der Waals surface area contributed by atoms with Crippen LogP contribution >= 0.6 is 7.82 Å². The Morgan fingerprint density at radius 1 is 1.26 bits per heavy atom. The zero-order chi connectivity index (χ0) is 16.3. The molecule has 1 N–H and O–H groups in total. The molecule has 0 aliphatic rings. The SMILES string of the molecule is COc1ccc(CS(=O)(=O)CC(=O)O)cc1OP(=O)([O-])[O-].[Na+].[Na+]. The van der Waals surface area contributed by atoms with Crippen molar-refractivity contribution in [3.63, 3.8) is 0 Å². The molecule has 9 nitrogen and oxygen atoms in total. The standard InChI is InChI=1S/C10H13O9PS.2Na/c1-18-8-3-2-7(4-9(8)19-20(13,14)15)5-21(16,17)6-10(11)12;;/h2-4H,5-6H2,1H3,(H,11,12)(H2,13,14,15);;/q;2*+1/p-2. The minimum Gasteiger partial charge on any atom is -0.780 e. The third kappa shape index (κ3) is 10.1. The topological polar surface area (TPSA) is 153 Å². The zero-order valence-electron chi connectivity index (χ0n) is 12.7. The third-order valence-electron chi connectivity index (χ3n) is 2.17. The molecule has 0 radical (unpaired) electrons. The van der Waals surface area contributed by atoms with Gasteiger partial charge in [-0.2, -0.15) is 0 Å². The molecule has 13 heteroatoms. The quantitative estimate of drug-likeness (QED) is 0.357. The predicted octanol–water partition coefficient (Wildman–Crippen LogP) is -7.09. The van der Waals surface area contributed by atoms with Gasteiger partial charge in [0.05, 0.1) is 12.9 Å². The van der Waals surface area contributed by atoms with Gasteiger partial charge in [0.2, 0.25) is 0 Å². The number of aliphatic carboxylic acids is 1.